The second kappa shape index (κ2) is 4.88. The number of anilines is 1. The Labute approximate surface area is 102 Å². The third kappa shape index (κ3) is 2.08. The van der Waals surface area contributed by atoms with Gasteiger partial charge >= 0.3 is 0 Å². The van der Waals surface area contributed by atoms with Crippen molar-refractivity contribution in [2.75, 3.05) is 17.9 Å². The van der Waals surface area contributed by atoms with Crippen molar-refractivity contribution in [1.29, 1.82) is 0 Å². The molecule has 0 bridgehead atoms. The smallest absolute Gasteiger partial charge is 0.223 e. The average molecular weight is 258 g/mol. The Morgan fingerprint density at radius 3 is 3.00 bits per heavy atom. The number of halogens is 1. The van der Waals surface area contributed by atoms with E-state index in [1.807, 2.05) is 10.8 Å². The summed E-state index contributed by atoms with van der Waals surface area (Å²) in [5.74, 6) is 0.903. The van der Waals surface area contributed by atoms with Gasteiger partial charge in [0.2, 0.25) is 5.95 Å². The molecule has 0 aliphatic heterocycles. The van der Waals surface area contributed by atoms with Crippen LogP contribution < -0.4 is 5.73 Å². The van der Waals surface area contributed by atoms with Crippen LogP contribution in [-0.2, 0) is 6.54 Å². The summed E-state index contributed by atoms with van der Waals surface area (Å²) >= 11 is 7.18. The molecule has 0 spiro atoms. The fourth-order valence-corrected chi connectivity index (χ4v) is 2.11. The lowest BCUT2D eigenvalue weighted by Gasteiger charge is -2.03. The van der Waals surface area contributed by atoms with Crippen molar-refractivity contribution >= 4 is 40.5 Å². The lowest BCUT2D eigenvalue weighted by molar-refractivity contribution is 0.694. The molecule has 2 aromatic heterocycles. The van der Waals surface area contributed by atoms with E-state index in [9.17, 15) is 0 Å². The molecule has 16 heavy (non-hydrogen) atoms. The molecular formula is C9H12ClN5S. The molecule has 7 heteroatoms. The van der Waals surface area contributed by atoms with Crippen molar-refractivity contribution in [2.24, 2.45) is 0 Å². The van der Waals surface area contributed by atoms with Gasteiger partial charge in [-0.05, 0) is 12.7 Å². The molecule has 0 fully saturated rings. The molecule has 0 amide bonds. The summed E-state index contributed by atoms with van der Waals surface area (Å²) in [5, 5.41) is 0.812. The van der Waals surface area contributed by atoms with Crippen molar-refractivity contribution in [2.45, 2.75) is 18.0 Å². The third-order valence-corrected chi connectivity index (χ3v) is 3.11. The maximum absolute atomic E-state index is 5.66. The van der Waals surface area contributed by atoms with Crippen molar-refractivity contribution in [3.8, 4) is 0 Å². The number of nitrogens with two attached hydrogens (primary N) is 1. The number of nitrogen functional groups attached to an aromatic ring is 1. The fraction of sp³-hybridized carbons (Fsp3) is 0.444. The molecule has 0 aliphatic carbocycles. The SMILES string of the molecule is CSc1nc(N)nc2c1ncn2CCCCl. The van der Waals surface area contributed by atoms with Crippen molar-refractivity contribution in [1.82, 2.24) is 19.5 Å². The molecular weight excluding hydrogens is 246 g/mol. The van der Waals surface area contributed by atoms with Crippen LogP contribution in [0.15, 0.2) is 11.4 Å². The Hall–Kier alpha value is -1.01. The van der Waals surface area contributed by atoms with E-state index >= 15 is 0 Å². The summed E-state index contributed by atoms with van der Waals surface area (Å²) in [5.41, 5.74) is 7.24. The maximum atomic E-state index is 5.66. The first kappa shape index (κ1) is 11.5. The predicted octanol–water partition coefficient (Wildman–Crippen LogP) is 1.76. The van der Waals surface area contributed by atoms with E-state index in [0.29, 0.717) is 5.88 Å². The molecule has 0 unspecified atom stereocenters. The molecule has 0 aliphatic rings. The fourth-order valence-electron chi connectivity index (χ4n) is 1.47. The van der Waals surface area contributed by atoms with Gasteiger partial charge in [0.15, 0.2) is 5.65 Å². The molecule has 0 saturated carbocycles. The minimum Gasteiger partial charge on any atom is -0.368 e. The second-order valence-electron chi connectivity index (χ2n) is 3.24. The maximum Gasteiger partial charge on any atom is 0.223 e. The lowest BCUT2D eigenvalue weighted by atomic mass is 10.4. The van der Waals surface area contributed by atoms with Gasteiger partial charge in [-0.25, -0.2) is 9.97 Å². The van der Waals surface area contributed by atoms with Crippen LogP contribution in [0.2, 0.25) is 0 Å². The van der Waals surface area contributed by atoms with Crippen LogP contribution in [-0.4, -0.2) is 31.7 Å². The van der Waals surface area contributed by atoms with Crippen molar-refractivity contribution in [3.63, 3.8) is 0 Å². The van der Waals surface area contributed by atoms with E-state index in [4.69, 9.17) is 17.3 Å². The first-order valence-corrected chi connectivity index (χ1v) is 6.60. The van der Waals surface area contributed by atoms with Crippen LogP contribution in [0.25, 0.3) is 11.2 Å². The van der Waals surface area contributed by atoms with Gasteiger partial charge in [-0.3, -0.25) is 0 Å². The number of hydrogen-bond donors (Lipinski definition) is 1. The van der Waals surface area contributed by atoms with Crippen LogP contribution in [0.1, 0.15) is 6.42 Å². The summed E-state index contributed by atoms with van der Waals surface area (Å²) in [7, 11) is 0. The number of hydrogen-bond acceptors (Lipinski definition) is 5. The van der Waals surface area contributed by atoms with Gasteiger partial charge in [0.25, 0.3) is 0 Å². The van der Waals surface area contributed by atoms with E-state index in [0.717, 1.165) is 29.2 Å². The van der Waals surface area contributed by atoms with E-state index in [2.05, 4.69) is 15.0 Å². The zero-order valence-corrected chi connectivity index (χ0v) is 10.4. The summed E-state index contributed by atoms with van der Waals surface area (Å²) in [6.45, 7) is 0.796. The van der Waals surface area contributed by atoms with Crippen LogP contribution in [0.5, 0.6) is 0 Å². The standard InChI is InChI=1S/C9H12ClN5S/c1-16-8-6-7(13-9(11)14-8)15(5-12-6)4-2-3-10/h5H,2-4H2,1H3,(H2,11,13,14). The topological polar surface area (TPSA) is 69.6 Å². The minimum absolute atomic E-state index is 0.282. The largest absolute Gasteiger partial charge is 0.368 e. The Morgan fingerprint density at radius 2 is 2.31 bits per heavy atom. The first-order valence-electron chi connectivity index (χ1n) is 4.84. The molecule has 5 nitrogen and oxygen atoms in total. The number of aromatic nitrogens is 4. The molecule has 0 saturated heterocycles. The molecule has 0 aromatic carbocycles. The molecule has 0 atom stereocenters. The molecule has 0 radical (unpaired) electrons. The Kier molecular flexibility index (Phi) is 3.50. The summed E-state index contributed by atoms with van der Waals surface area (Å²) in [6, 6.07) is 0. The summed E-state index contributed by atoms with van der Waals surface area (Å²) < 4.78 is 1.95. The van der Waals surface area contributed by atoms with Gasteiger partial charge in [0, 0.05) is 12.4 Å². The molecule has 2 N–H and O–H groups in total. The van der Waals surface area contributed by atoms with Crippen LogP contribution in [0.4, 0.5) is 5.95 Å². The number of imidazole rings is 1. The van der Waals surface area contributed by atoms with Gasteiger partial charge < -0.3 is 10.3 Å². The van der Waals surface area contributed by atoms with Gasteiger partial charge in [-0.15, -0.1) is 23.4 Å². The van der Waals surface area contributed by atoms with E-state index in [-0.39, 0.29) is 5.95 Å². The summed E-state index contributed by atoms with van der Waals surface area (Å²) in [6.07, 6.45) is 4.58. The Balaban J connectivity index is 2.49. The molecule has 86 valence electrons. The summed E-state index contributed by atoms with van der Waals surface area (Å²) in [4.78, 5) is 12.7. The Bertz CT molecular complexity index is 498. The number of thioether (sulfide) groups is 1. The number of rotatable bonds is 4. The van der Waals surface area contributed by atoms with E-state index < -0.39 is 0 Å². The van der Waals surface area contributed by atoms with Gasteiger partial charge in [0.1, 0.15) is 10.5 Å². The highest BCUT2D eigenvalue weighted by molar-refractivity contribution is 7.98. The number of nitrogens with zero attached hydrogens (tertiary/aromatic N) is 4. The highest BCUT2D eigenvalue weighted by atomic mass is 35.5. The third-order valence-electron chi connectivity index (χ3n) is 2.18. The molecule has 2 heterocycles. The molecule has 2 rings (SSSR count). The number of fused-ring (bicyclic) bond motifs is 1. The number of alkyl halides is 1. The lowest BCUT2D eigenvalue weighted by Crippen LogP contribution is -2.02. The predicted molar refractivity (Wildman–Crippen MR) is 66.9 cm³/mol. The quantitative estimate of drug-likeness (QED) is 0.513. The Morgan fingerprint density at radius 1 is 1.50 bits per heavy atom. The van der Waals surface area contributed by atoms with E-state index in [1.165, 1.54) is 11.8 Å². The zero-order chi connectivity index (χ0) is 11.5. The molecule has 2 aromatic rings. The number of aryl methyl sites for hydroxylation is 1. The monoisotopic (exact) mass is 257 g/mol. The van der Waals surface area contributed by atoms with Crippen molar-refractivity contribution < 1.29 is 0 Å². The highest BCUT2D eigenvalue weighted by Gasteiger charge is 2.10. The second-order valence-corrected chi connectivity index (χ2v) is 4.42. The van der Waals surface area contributed by atoms with Crippen LogP contribution in [0.3, 0.4) is 0 Å². The van der Waals surface area contributed by atoms with Crippen LogP contribution in [0, 0.1) is 0 Å². The normalized spacial score (nSPS) is 11.1. The first-order chi connectivity index (χ1) is 7.76. The highest BCUT2D eigenvalue weighted by Crippen LogP contribution is 2.22. The van der Waals surface area contributed by atoms with Gasteiger partial charge in [-0.1, -0.05) is 0 Å². The van der Waals surface area contributed by atoms with Crippen LogP contribution >= 0.6 is 23.4 Å². The van der Waals surface area contributed by atoms with Gasteiger partial charge in [0.05, 0.1) is 6.33 Å². The van der Waals surface area contributed by atoms with E-state index in [1.54, 1.807) is 6.33 Å². The zero-order valence-electron chi connectivity index (χ0n) is 8.85. The van der Waals surface area contributed by atoms with Crippen molar-refractivity contribution in [3.05, 3.63) is 6.33 Å². The van der Waals surface area contributed by atoms with Gasteiger partial charge in [-0.2, -0.15) is 4.98 Å². The minimum atomic E-state index is 0.282. The average Bonchev–Trinajstić information content (AvgIpc) is 2.68.